The Morgan fingerprint density at radius 1 is 1.29 bits per heavy atom. The number of hydrogen-bond acceptors (Lipinski definition) is 3. The lowest BCUT2D eigenvalue weighted by Crippen LogP contribution is -2.28. The van der Waals surface area contributed by atoms with Crippen LogP contribution in [-0.2, 0) is 4.79 Å². The fourth-order valence-corrected chi connectivity index (χ4v) is 0.920. The van der Waals surface area contributed by atoms with Crippen molar-refractivity contribution < 1.29 is 14.7 Å². The number of rotatable bonds is 3. The maximum absolute atomic E-state index is 11.3. The van der Waals surface area contributed by atoms with E-state index in [0.717, 1.165) is 0 Å². The molecule has 1 aromatic carbocycles. The van der Waals surface area contributed by atoms with Gasteiger partial charge in [0.1, 0.15) is 11.5 Å². The number of aromatic hydroxyl groups is 1. The number of benzene rings is 1. The molecule has 0 bridgehead atoms. The van der Waals surface area contributed by atoms with Crippen LogP contribution in [0, 0.1) is 0 Å². The number of phenolic OH excluding ortho intramolecular Hbond substituents is 1. The molecule has 0 atom stereocenters. The summed E-state index contributed by atoms with van der Waals surface area (Å²) in [7, 11) is 0. The Morgan fingerprint density at radius 2 is 1.86 bits per heavy atom. The first-order valence-electron chi connectivity index (χ1n) is 4.16. The van der Waals surface area contributed by atoms with Crippen LogP contribution in [-0.4, -0.2) is 23.3 Å². The number of phenols is 1. The van der Waals surface area contributed by atoms with Crippen molar-refractivity contribution in [1.29, 1.82) is 0 Å². The first-order chi connectivity index (χ1) is 6.59. The van der Waals surface area contributed by atoms with Crippen molar-refractivity contribution in [3.8, 4) is 5.75 Å². The third-order valence-electron chi connectivity index (χ3n) is 1.63. The second-order valence-corrected chi connectivity index (χ2v) is 2.93. The van der Waals surface area contributed by atoms with Crippen LogP contribution in [0.15, 0.2) is 24.3 Å². The topological polar surface area (TPSA) is 66.4 Å². The highest BCUT2D eigenvalue weighted by Gasteiger charge is 2.04. The lowest BCUT2D eigenvalue weighted by molar-refractivity contribution is -0.116. The zero-order chi connectivity index (χ0) is 10.6. The standard InChI is InChI=1S/C10H11NO3/c1-7(12)6-11-10(14)8-2-4-9(13)5-3-8/h2-5,13H,6H2,1H3,(H,11,14). The van der Waals surface area contributed by atoms with Gasteiger partial charge < -0.3 is 10.4 Å². The van der Waals surface area contributed by atoms with Crippen LogP contribution in [0.2, 0.25) is 0 Å². The number of hydrogen-bond donors (Lipinski definition) is 2. The monoisotopic (exact) mass is 193 g/mol. The van der Waals surface area contributed by atoms with E-state index < -0.39 is 0 Å². The van der Waals surface area contributed by atoms with Gasteiger partial charge in [0.25, 0.3) is 5.91 Å². The van der Waals surface area contributed by atoms with Crippen molar-refractivity contribution in [2.75, 3.05) is 6.54 Å². The molecule has 2 N–H and O–H groups in total. The number of nitrogens with one attached hydrogen (secondary N) is 1. The second-order valence-electron chi connectivity index (χ2n) is 2.93. The van der Waals surface area contributed by atoms with E-state index in [-0.39, 0.29) is 24.0 Å². The summed E-state index contributed by atoms with van der Waals surface area (Å²) >= 11 is 0. The van der Waals surface area contributed by atoms with Gasteiger partial charge in [-0.1, -0.05) is 0 Å². The molecule has 0 aliphatic carbocycles. The molecule has 0 saturated heterocycles. The van der Waals surface area contributed by atoms with Gasteiger partial charge in [-0.25, -0.2) is 0 Å². The van der Waals surface area contributed by atoms with E-state index in [2.05, 4.69) is 5.32 Å². The van der Waals surface area contributed by atoms with Crippen LogP contribution >= 0.6 is 0 Å². The summed E-state index contributed by atoms with van der Waals surface area (Å²) in [6, 6.07) is 5.82. The minimum atomic E-state index is -0.319. The molecule has 0 fully saturated rings. The van der Waals surface area contributed by atoms with E-state index in [0.29, 0.717) is 5.56 Å². The average Bonchev–Trinajstić information content (AvgIpc) is 2.15. The molecule has 0 heterocycles. The second kappa shape index (κ2) is 4.41. The third kappa shape index (κ3) is 2.90. The minimum Gasteiger partial charge on any atom is -0.508 e. The van der Waals surface area contributed by atoms with Gasteiger partial charge in [0.05, 0.1) is 6.54 Å². The van der Waals surface area contributed by atoms with Crippen molar-refractivity contribution in [3.63, 3.8) is 0 Å². The van der Waals surface area contributed by atoms with Gasteiger partial charge in [0, 0.05) is 5.56 Å². The Labute approximate surface area is 81.6 Å². The fraction of sp³-hybridized carbons (Fsp3) is 0.200. The first kappa shape index (κ1) is 10.2. The lowest BCUT2D eigenvalue weighted by atomic mass is 10.2. The summed E-state index contributed by atoms with van der Waals surface area (Å²) in [5.41, 5.74) is 0.420. The van der Waals surface area contributed by atoms with Crippen molar-refractivity contribution in [2.45, 2.75) is 6.92 Å². The van der Waals surface area contributed by atoms with Crippen molar-refractivity contribution in [1.82, 2.24) is 5.32 Å². The van der Waals surface area contributed by atoms with Crippen LogP contribution in [0.5, 0.6) is 5.75 Å². The van der Waals surface area contributed by atoms with Gasteiger partial charge in [-0.15, -0.1) is 0 Å². The van der Waals surface area contributed by atoms with Gasteiger partial charge in [0.2, 0.25) is 0 Å². The number of ketones is 1. The predicted molar refractivity (Wildman–Crippen MR) is 51.1 cm³/mol. The molecule has 0 radical (unpaired) electrons. The molecular weight excluding hydrogens is 182 g/mol. The van der Waals surface area contributed by atoms with Crippen LogP contribution in [0.1, 0.15) is 17.3 Å². The molecule has 4 nitrogen and oxygen atoms in total. The Kier molecular flexibility index (Phi) is 3.23. The van der Waals surface area contributed by atoms with Gasteiger partial charge in [-0.3, -0.25) is 9.59 Å². The molecule has 0 aliphatic heterocycles. The van der Waals surface area contributed by atoms with Gasteiger partial charge in [-0.05, 0) is 31.2 Å². The number of carbonyl (C=O) groups is 2. The molecule has 14 heavy (non-hydrogen) atoms. The Morgan fingerprint density at radius 3 is 2.36 bits per heavy atom. The minimum absolute atomic E-state index is 0.0275. The average molecular weight is 193 g/mol. The van der Waals surface area contributed by atoms with E-state index in [9.17, 15) is 9.59 Å². The molecular formula is C10H11NO3. The zero-order valence-electron chi connectivity index (χ0n) is 7.78. The van der Waals surface area contributed by atoms with E-state index in [1.807, 2.05) is 0 Å². The highest BCUT2D eigenvalue weighted by Crippen LogP contribution is 2.08. The molecule has 74 valence electrons. The SMILES string of the molecule is CC(=O)CNC(=O)c1ccc(O)cc1. The number of amides is 1. The van der Waals surface area contributed by atoms with E-state index in [1.54, 1.807) is 0 Å². The van der Waals surface area contributed by atoms with Crippen molar-refractivity contribution in [2.24, 2.45) is 0 Å². The van der Waals surface area contributed by atoms with E-state index >= 15 is 0 Å². The van der Waals surface area contributed by atoms with Gasteiger partial charge >= 0.3 is 0 Å². The van der Waals surface area contributed by atoms with Gasteiger partial charge in [-0.2, -0.15) is 0 Å². The largest absolute Gasteiger partial charge is 0.508 e. The molecule has 1 amide bonds. The van der Waals surface area contributed by atoms with Crippen LogP contribution < -0.4 is 5.32 Å². The summed E-state index contributed by atoms with van der Waals surface area (Å²) in [6.45, 7) is 1.43. The van der Waals surface area contributed by atoms with Crippen molar-refractivity contribution >= 4 is 11.7 Å². The smallest absolute Gasteiger partial charge is 0.251 e. The summed E-state index contributed by atoms with van der Waals surface area (Å²) < 4.78 is 0. The summed E-state index contributed by atoms with van der Waals surface area (Å²) in [6.07, 6.45) is 0. The summed E-state index contributed by atoms with van der Waals surface area (Å²) in [5, 5.41) is 11.4. The van der Waals surface area contributed by atoms with E-state index in [4.69, 9.17) is 5.11 Å². The molecule has 0 aromatic heterocycles. The third-order valence-corrected chi connectivity index (χ3v) is 1.63. The quantitative estimate of drug-likeness (QED) is 0.743. The molecule has 0 spiro atoms. The maximum atomic E-state index is 11.3. The Balaban J connectivity index is 2.61. The molecule has 0 saturated carbocycles. The molecule has 0 aliphatic rings. The Bertz CT molecular complexity index is 343. The zero-order valence-corrected chi connectivity index (χ0v) is 7.78. The van der Waals surface area contributed by atoms with Crippen LogP contribution in [0.4, 0.5) is 0 Å². The highest BCUT2D eigenvalue weighted by molar-refractivity contribution is 5.96. The Hall–Kier alpha value is -1.84. The lowest BCUT2D eigenvalue weighted by Gasteiger charge is -2.02. The number of carbonyl (C=O) groups excluding carboxylic acids is 2. The predicted octanol–water partition coefficient (Wildman–Crippen LogP) is 0.711. The van der Waals surface area contributed by atoms with Crippen LogP contribution in [0.25, 0.3) is 0 Å². The first-order valence-corrected chi connectivity index (χ1v) is 4.16. The van der Waals surface area contributed by atoms with Crippen molar-refractivity contribution in [3.05, 3.63) is 29.8 Å². The summed E-state index contributed by atoms with van der Waals surface area (Å²) in [4.78, 5) is 21.9. The normalized spacial score (nSPS) is 9.50. The maximum Gasteiger partial charge on any atom is 0.251 e. The molecule has 0 unspecified atom stereocenters. The molecule has 1 rings (SSSR count). The van der Waals surface area contributed by atoms with Gasteiger partial charge in [0.15, 0.2) is 0 Å². The molecule has 4 heteroatoms. The fourth-order valence-electron chi connectivity index (χ4n) is 0.920. The van der Waals surface area contributed by atoms with Crippen LogP contribution in [0.3, 0.4) is 0 Å². The summed E-state index contributed by atoms with van der Waals surface area (Å²) in [5.74, 6) is -0.314. The number of Topliss-reactive ketones (excluding diaryl/α,β-unsaturated/α-hetero) is 1. The highest BCUT2D eigenvalue weighted by atomic mass is 16.3. The van der Waals surface area contributed by atoms with E-state index in [1.165, 1.54) is 31.2 Å². The molecule has 1 aromatic rings.